The maximum absolute atomic E-state index is 12.8. The Hall–Kier alpha value is -1.63. The summed E-state index contributed by atoms with van der Waals surface area (Å²) in [5.41, 5.74) is 3.35. The fourth-order valence-corrected chi connectivity index (χ4v) is 4.43. The van der Waals surface area contributed by atoms with E-state index < -0.39 is 5.41 Å². The first-order chi connectivity index (χ1) is 18.7. The van der Waals surface area contributed by atoms with Gasteiger partial charge in [0.25, 0.3) is 0 Å². The molecule has 0 aliphatic rings. The van der Waals surface area contributed by atoms with Gasteiger partial charge in [-0.15, -0.1) is 0 Å². The minimum absolute atomic E-state index is 0.0955. The summed E-state index contributed by atoms with van der Waals surface area (Å²) in [5, 5.41) is 3.13. The van der Waals surface area contributed by atoms with Gasteiger partial charge in [0.1, 0.15) is 12.4 Å². The van der Waals surface area contributed by atoms with Gasteiger partial charge in [0.15, 0.2) is 0 Å². The van der Waals surface area contributed by atoms with Crippen LogP contribution >= 0.6 is 0 Å². The van der Waals surface area contributed by atoms with E-state index in [2.05, 4.69) is 98.6 Å². The van der Waals surface area contributed by atoms with E-state index >= 15 is 0 Å². The SMILES string of the molecule is Cc1cc(C(C)(C)C)cc(C)c1OCCOCCC(C)(C)OCCC(C)(C)C(=O)NCCCN(C)CCC(C)(C)C. The molecule has 0 radical (unpaired) electrons. The van der Waals surface area contributed by atoms with E-state index in [0.29, 0.717) is 44.8 Å². The zero-order valence-electron chi connectivity index (χ0n) is 29.0. The standard InChI is InChI=1S/C35H64N2O4/c1-27-25-29(33(6,7)8)26-28(2)30(27)40-24-23-39-21-17-35(11,12)41-22-16-34(9,10)31(38)36-18-14-19-37(13)20-15-32(3,4)5/h25-26H,14-24H2,1-13H3,(H,36,38). The van der Waals surface area contributed by atoms with E-state index in [-0.39, 0.29) is 16.9 Å². The minimum Gasteiger partial charge on any atom is -0.491 e. The number of nitrogens with one attached hydrogen (secondary N) is 1. The molecule has 0 saturated carbocycles. The lowest BCUT2D eigenvalue weighted by Gasteiger charge is -2.29. The summed E-state index contributed by atoms with van der Waals surface area (Å²) in [6, 6.07) is 4.45. The number of benzene rings is 1. The van der Waals surface area contributed by atoms with Crippen LogP contribution in [-0.4, -0.2) is 69.5 Å². The van der Waals surface area contributed by atoms with Gasteiger partial charge in [0.2, 0.25) is 5.91 Å². The molecule has 1 aromatic carbocycles. The lowest BCUT2D eigenvalue weighted by Crippen LogP contribution is -2.39. The van der Waals surface area contributed by atoms with Crippen molar-refractivity contribution >= 4 is 5.91 Å². The van der Waals surface area contributed by atoms with Crippen LogP contribution in [0.2, 0.25) is 0 Å². The summed E-state index contributed by atoms with van der Waals surface area (Å²) >= 11 is 0. The molecular formula is C35H64N2O4. The molecule has 0 aromatic heterocycles. The number of ether oxygens (including phenoxy) is 3. The third-order valence-electron chi connectivity index (χ3n) is 7.73. The molecule has 0 aliphatic heterocycles. The van der Waals surface area contributed by atoms with Crippen molar-refractivity contribution in [3.8, 4) is 5.75 Å². The van der Waals surface area contributed by atoms with Crippen LogP contribution in [0.5, 0.6) is 5.75 Å². The van der Waals surface area contributed by atoms with Crippen LogP contribution in [0.3, 0.4) is 0 Å². The highest BCUT2D eigenvalue weighted by molar-refractivity contribution is 5.81. The second kappa shape index (κ2) is 16.3. The molecule has 0 atom stereocenters. The zero-order chi connectivity index (χ0) is 31.5. The van der Waals surface area contributed by atoms with Crippen molar-refractivity contribution in [2.24, 2.45) is 10.8 Å². The first-order valence-corrected chi connectivity index (χ1v) is 15.7. The second-order valence-electron chi connectivity index (χ2n) is 15.4. The lowest BCUT2D eigenvalue weighted by atomic mass is 9.85. The Morgan fingerprint density at radius 3 is 1.98 bits per heavy atom. The Morgan fingerprint density at radius 1 is 0.805 bits per heavy atom. The summed E-state index contributed by atoms with van der Waals surface area (Å²) in [7, 11) is 2.16. The van der Waals surface area contributed by atoms with Crippen molar-refractivity contribution in [1.82, 2.24) is 10.2 Å². The monoisotopic (exact) mass is 576 g/mol. The molecule has 0 aliphatic carbocycles. The van der Waals surface area contributed by atoms with E-state index in [1.54, 1.807) is 0 Å². The van der Waals surface area contributed by atoms with Gasteiger partial charge in [-0.25, -0.2) is 0 Å². The highest BCUT2D eigenvalue weighted by atomic mass is 16.5. The van der Waals surface area contributed by atoms with Crippen molar-refractivity contribution in [1.29, 1.82) is 0 Å². The molecule has 1 amide bonds. The predicted octanol–water partition coefficient (Wildman–Crippen LogP) is 7.47. The van der Waals surface area contributed by atoms with Crippen LogP contribution in [0.25, 0.3) is 0 Å². The van der Waals surface area contributed by atoms with E-state index in [9.17, 15) is 4.79 Å². The minimum atomic E-state index is -0.469. The molecule has 1 N–H and O–H groups in total. The largest absolute Gasteiger partial charge is 0.491 e. The Labute approximate surface area is 253 Å². The normalized spacial score (nSPS) is 13.1. The molecule has 0 bridgehead atoms. The molecule has 1 aromatic rings. The van der Waals surface area contributed by atoms with Gasteiger partial charge < -0.3 is 24.4 Å². The molecule has 6 nitrogen and oxygen atoms in total. The van der Waals surface area contributed by atoms with Crippen LogP contribution in [0.4, 0.5) is 0 Å². The molecule has 41 heavy (non-hydrogen) atoms. The summed E-state index contributed by atoms with van der Waals surface area (Å²) < 4.78 is 18.1. The van der Waals surface area contributed by atoms with Gasteiger partial charge in [-0.3, -0.25) is 4.79 Å². The molecule has 1 rings (SSSR count). The van der Waals surface area contributed by atoms with Gasteiger partial charge >= 0.3 is 0 Å². The second-order valence-corrected chi connectivity index (χ2v) is 15.4. The number of hydrogen-bond acceptors (Lipinski definition) is 5. The van der Waals surface area contributed by atoms with E-state index in [4.69, 9.17) is 14.2 Å². The Kier molecular flexibility index (Phi) is 14.8. The zero-order valence-corrected chi connectivity index (χ0v) is 29.0. The molecule has 0 unspecified atom stereocenters. The number of nitrogens with zero attached hydrogens (tertiary/aromatic N) is 1. The van der Waals surface area contributed by atoms with E-state index in [1.165, 1.54) is 23.1 Å². The van der Waals surface area contributed by atoms with Gasteiger partial charge in [-0.2, -0.15) is 0 Å². The average molecular weight is 577 g/mol. The van der Waals surface area contributed by atoms with Crippen LogP contribution < -0.4 is 10.1 Å². The lowest BCUT2D eigenvalue weighted by molar-refractivity contribution is -0.131. The molecule has 6 heteroatoms. The molecule has 0 spiro atoms. The molecule has 0 heterocycles. The number of carbonyl (C=O) groups excluding carboxylic acids is 1. The predicted molar refractivity (Wildman–Crippen MR) is 173 cm³/mol. The summed E-state index contributed by atoms with van der Waals surface area (Å²) in [4.78, 5) is 15.1. The molecule has 238 valence electrons. The average Bonchev–Trinajstić information content (AvgIpc) is 2.82. The topological polar surface area (TPSA) is 60.0 Å². The molecule has 0 fully saturated rings. The third kappa shape index (κ3) is 15.4. The summed E-state index contributed by atoms with van der Waals surface area (Å²) in [6.45, 7) is 30.9. The first-order valence-electron chi connectivity index (χ1n) is 15.7. The highest BCUT2D eigenvalue weighted by Gasteiger charge is 2.28. The van der Waals surface area contributed by atoms with Crippen LogP contribution in [0.1, 0.15) is 112 Å². The van der Waals surface area contributed by atoms with E-state index in [0.717, 1.165) is 31.7 Å². The molecule has 0 saturated heterocycles. The smallest absolute Gasteiger partial charge is 0.225 e. The third-order valence-corrected chi connectivity index (χ3v) is 7.73. The maximum Gasteiger partial charge on any atom is 0.225 e. The van der Waals surface area contributed by atoms with Gasteiger partial charge in [-0.1, -0.05) is 67.5 Å². The van der Waals surface area contributed by atoms with Crippen molar-refractivity contribution in [2.45, 2.75) is 120 Å². The maximum atomic E-state index is 12.8. The number of rotatable bonds is 18. The summed E-state index contributed by atoms with van der Waals surface area (Å²) in [6.07, 6.45) is 3.59. The van der Waals surface area contributed by atoms with Gasteiger partial charge in [0, 0.05) is 25.2 Å². The van der Waals surface area contributed by atoms with Crippen molar-refractivity contribution in [3.05, 3.63) is 28.8 Å². The number of aryl methyl sites for hydroxylation is 2. The van der Waals surface area contributed by atoms with Crippen molar-refractivity contribution < 1.29 is 19.0 Å². The van der Waals surface area contributed by atoms with Crippen LogP contribution in [0.15, 0.2) is 12.1 Å². The van der Waals surface area contributed by atoms with Crippen molar-refractivity contribution in [2.75, 3.05) is 53.1 Å². The fourth-order valence-electron chi connectivity index (χ4n) is 4.43. The van der Waals surface area contributed by atoms with E-state index in [1.807, 2.05) is 13.8 Å². The van der Waals surface area contributed by atoms with Crippen molar-refractivity contribution in [3.63, 3.8) is 0 Å². The van der Waals surface area contributed by atoms with Gasteiger partial charge in [0.05, 0.1) is 12.2 Å². The Morgan fingerprint density at radius 2 is 1.41 bits per heavy atom. The first kappa shape index (κ1) is 37.4. The Balaban J connectivity index is 2.28. The number of amides is 1. The van der Waals surface area contributed by atoms with Crippen LogP contribution in [0, 0.1) is 24.7 Å². The fraction of sp³-hybridized carbons (Fsp3) is 0.800. The summed E-state index contributed by atoms with van der Waals surface area (Å²) in [5.74, 6) is 1.05. The Bertz CT molecular complexity index is 902. The van der Waals surface area contributed by atoms with Gasteiger partial charge in [-0.05, 0) is 101 Å². The number of hydrogen-bond donors (Lipinski definition) is 1. The number of carbonyl (C=O) groups is 1. The highest BCUT2D eigenvalue weighted by Crippen LogP contribution is 2.31. The quantitative estimate of drug-likeness (QED) is 0.184. The molecular weight excluding hydrogens is 512 g/mol. The van der Waals surface area contributed by atoms with Crippen LogP contribution in [-0.2, 0) is 19.7 Å².